The standard InChI is InChI=1S/C16H20O6/c1-4-22-16(20)15(10(2)17)13(19)8-6-11-5-7-12(18)14(9-11)21-3/h5,7,9,15,18H,4,6,8H2,1-3H3. The summed E-state index contributed by atoms with van der Waals surface area (Å²) in [5.74, 6) is -2.85. The number of esters is 1. The summed E-state index contributed by atoms with van der Waals surface area (Å²) in [4.78, 5) is 35.2. The molecule has 0 amide bonds. The van der Waals surface area contributed by atoms with Crippen LogP contribution in [-0.4, -0.2) is 36.4 Å². The molecular weight excluding hydrogens is 288 g/mol. The van der Waals surface area contributed by atoms with Crippen LogP contribution in [0.2, 0.25) is 0 Å². The topological polar surface area (TPSA) is 89.9 Å². The van der Waals surface area contributed by atoms with E-state index < -0.39 is 23.5 Å². The molecule has 0 radical (unpaired) electrons. The molecule has 0 aliphatic carbocycles. The lowest BCUT2D eigenvalue weighted by Crippen LogP contribution is -2.32. The van der Waals surface area contributed by atoms with Crippen LogP contribution >= 0.6 is 0 Å². The maximum atomic E-state index is 12.1. The van der Waals surface area contributed by atoms with Gasteiger partial charge >= 0.3 is 5.97 Å². The SMILES string of the molecule is CCOC(=O)C(C(C)=O)C(=O)CCc1ccc(O)c(OC)c1. The molecule has 1 aromatic rings. The van der Waals surface area contributed by atoms with E-state index in [0.717, 1.165) is 5.56 Å². The number of phenols is 1. The lowest BCUT2D eigenvalue weighted by molar-refractivity contribution is -0.154. The van der Waals surface area contributed by atoms with Crippen molar-refractivity contribution in [3.05, 3.63) is 23.8 Å². The molecule has 0 saturated heterocycles. The van der Waals surface area contributed by atoms with Crippen LogP contribution in [-0.2, 0) is 25.5 Å². The van der Waals surface area contributed by atoms with E-state index in [2.05, 4.69) is 0 Å². The number of rotatable bonds is 8. The van der Waals surface area contributed by atoms with Crippen LogP contribution in [0.25, 0.3) is 0 Å². The highest BCUT2D eigenvalue weighted by Crippen LogP contribution is 2.27. The highest BCUT2D eigenvalue weighted by molar-refractivity contribution is 6.16. The van der Waals surface area contributed by atoms with E-state index in [1.165, 1.54) is 20.1 Å². The highest BCUT2D eigenvalue weighted by atomic mass is 16.5. The summed E-state index contributed by atoms with van der Waals surface area (Å²) in [6.45, 7) is 2.93. The second-order valence-electron chi connectivity index (χ2n) is 4.77. The van der Waals surface area contributed by atoms with Crippen LogP contribution < -0.4 is 4.74 Å². The van der Waals surface area contributed by atoms with Crippen molar-refractivity contribution in [1.82, 2.24) is 0 Å². The van der Waals surface area contributed by atoms with Crippen molar-refractivity contribution < 1.29 is 29.0 Å². The average molecular weight is 308 g/mol. The molecule has 1 aromatic carbocycles. The first-order valence-electron chi connectivity index (χ1n) is 6.96. The van der Waals surface area contributed by atoms with E-state index in [-0.39, 0.29) is 18.8 Å². The van der Waals surface area contributed by atoms with Crippen molar-refractivity contribution >= 4 is 17.5 Å². The maximum Gasteiger partial charge on any atom is 0.324 e. The third-order valence-electron chi connectivity index (χ3n) is 3.16. The first-order chi connectivity index (χ1) is 10.4. The highest BCUT2D eigenvalue weighted by Gasteiger charge is 2.31. The number of ketones is 2. The molecule has 0 heterocycles. The molecule has 0 aliphatic heterocycles. The number of phenolic OH excluding ortho intramolecular Hbond substituents is 1. The van der Waals surface area contributed by atoms with E-state index >= 15 is 0 Å². The van der Waals surface area contributed by atoms with Crippen LogP contribution in [0.1, 0.15) is 25.8 Å². The van der Waals surface area contributed by atoms with Gasteiger partial charge in [0.2, 0.25) is 0 Å². The molecule has 1 rings (SSSR count). The molecule has 6 nitrogen and oxygen atoms in total. The Balaban J connectivity index is 2.75. The quantitative estimate of drug-likeness (QED) is 0.580. The fourth-order valence-corrected chi connectivity index (χ4v) is 2.04. The first-order valence-corrected chi connectivity index (χ1v) is 6.96. The maximum absolute atomic E-state index is 12.1. The molecule has 0 spiro atoms. The Morgan fingerprint density at radius 1 is 1.27 bits per heavy atom. The van der Waals surface area contributed by atoms with E-state index in [9.17, 15) is 19.5 Å². The Morgan fingerprint density at radius 3 is 2.50 bits per heavy atom. The number of hydrogen-bond acceptors (Lipinski definition) is 6. The number of methoxy groups -OCH3 is 1. The van der Waals surface area contributed by atoms with Crippen molar-refractivity contribution in [2.45, 2.75) is 26.7 Å². The summed E-state index contributed by atoms with van der Waals surface area (Å²) >= 11 is 0. The van der Waals surface area contributed by atoms with Crippen molar-refractivity contribution in [2.24, 2.45) is 5.92 Å². The number of benzene rings is 1. The van der Waals surface area contributed by atoms with Crippen LogP contribution in [0.15, 0.2) is 18.2 Å². The zero-order chi connectivity index (χ0) is 16.7. The van der Waals surface area contributed by atoms with E-state index in [0.29, 0.717) is 12.2 Å². The van der Waals surface area contributed by atoms with Gasteiger partial charge in [-0.15, -0.1) is 0 Å². The molecule has 120 valence electrons. The molecular formula is C16H20O6. The fourth-order valence-electron chi connectivity index (χ4n) is 2.04. The van der Waals surface area contributed by atoms with Gasteiger partial charge in [0.15, 0.2) is 29.0 Å². The van der Waals surface area contributed by atoms with Crippen molar-refractivity contribution in [2.75, 3.05) is 13.7 Å². The van der Waals surface area contributed by atoms with Crippen molar-refractivity contribution in [3.8, 4) is 11.5 Å². The minimum Gasteiger partial charge on any atom is -0.504 e. The summed E-state index contributed by atoms with van der Waals surface area (Å²) in [5, 5.41) is 9.51. The molecule has 1 N–H and O–H groups in total. The number of aryl methyl sites for hydroxylation is 1. The largest absolute Gasteiger partial charge is 0.504 e. The van der Waals surface area contributed by atoms with E-state index in [1.54, 1.807) is 19.1 Å². The number of hydrogen-bond donors (Lipinski definition) is 1. The molecule has 0 aliphatic rings. The molecule has 1 unspecified atom stereocenters. The smallest absolute Gasteiger partial charge is 0.324 e. The second-order valence-corrected chi connectivity index (χ2v) is 4.77. The van der Waals surface area contributed by atoms with Gasteiger partial charge < -0.3 is 14.6 Å². The van der Waals surface area contributed by atoms with Gasteiger partial charge in [-0.3, -0.25) is 14.4 Å². The third kappa shape index (κ3) is 4.58. The number of aromatic hydroxyl groups is 1. The predicted molar refractivity (Wildman–Crippen MR) is 78.8 cm³/mol. The first kappa shape index (κ1) is 17.7. The Labute approximate surface area is 129 Å². The lowest BCUT2D eigenvalue weighted by Gasteiger charge is -2.12. The number of ether oxygens (including phenoxy) is 2. The Bertz CT molecular complexity index is 564. The van der Waals surface area contributed by atoms with E-state index in [1.807, 2.05) is 0 Å². The van der Waals surface area contributed by atoms with Gasteiger partial charge in [0.1, 0.15) is 0 Å². The summed E-state index contributed by atoms with van der Waals surface area (Å²) < 4.78 is 9.74. The lowest BCUT2D eigenvalue weighted by atomic mass is 9.95. The molecule has 1 atom stereocenters. The summed E-state index contributed by atoms with van der Waals surface area (Å²) in [6, 6.07) is 4.72. The van der Waals surface area contributed by atoms with Crippen LogP contribution in [0.3, 0.4) is 0 Å². The van der Waals surface area contributed by atoms with E-state index in [4.69, 9.17) is 9.47 Å². The molecule has 0 bridgehead atoms. The number of Topliss-reactive ketones (excluding diaryl/α,β-unsaturated/α-hetero) is 2. The predicted octanol–water partition coefficient (Wildman–Crippen LogP) is 1.67. The van der Waals surface area contributed by atoms with Gasteiger partial charge in [0.25, 0.3) is 0 Å². The van der Waals surface area contributed by atoms with Gasteiger partial charge in [0, 0.05) is 6.42 Å². The molecule has 0 saturated carbocycles. The molecule has 0 fully saturated rings. The summed E-state index contributed by atoms with van der Waals surface area (Å²) in [7, 11) is 1.43. The average Bonchev–Trinajstić information content (AvgIpc) is 2.46. The second kappa shape index (κ2) is 8.17. The van der Waals surface area contributed by atoms with Gasteiger partial charge in [-0.2, -0.15) is 0 Å². The third-order valence-corrected chi connectivity index (χ3v) is 3.16. The van der Waals surface area contributed by atoms with Gasteiger partial charge in [0.05, 0.1) is 13.7 Å². The zero-order valence-corrected chi connectivity index (χ0v) is 12.9. The minimum atomic E-state index is -1.36. The Kier molecular flexibility index (Phi) is 6.56. The van der Waals surface area contributed by atoms with Crippen LogP contribution in [0.4, 0.5) is 0 Å². The minimum absolute atomic E-state index is 0.00529. The normalized spacial score (nSPS) is 11.6. The van der Waals surface area contributed by atoms with Crippen molar-refractivity contribution in [3.63, 3.8) is 0 Å². The zero-order valence-electron chi connectivity index (χ0n) is 12.9. The van der Waals surface area contributed by atoms with Gasteiger partial charge in [-0.25, -0.2) is 0 Å². The Morgan fingerprint density at radius 2 is 1.95 bits per heavy atom. The summed E-state index contributed by atoms with van der Waals surface area (Å²) in [6.07, 6.45) is 0.357. The molecule has 22 heavy (non-hydrogen) atoms. The van der Waals surface area contributed by atoms with Crippen molar-refractivity contribution in [1.29, 1.82) is 0 Å². The van der Waals surface area contributed by atoms with Crippen LogP contribution in [0.5, 0.6) is 11.5 Å². The number of carbonyl (C=O) groups is 3. The Hall–Kier alpha value is -2.37. The van der Waals surface area contributed by atoms with Gasteiger partial charge in [-0.1, -0.05) is 6.07 Å². The monoisotopic (exact) mass is 308 g/mol. The number of carbonyl (C=O) groups excluding carboxylic acids is 3. The molecule has 0 aromatic heterocycles. The summed E-state index contributed by atoms with van der Waals surface area (Å²) in [5.41, 5.74) is 0.758. The fraction of sp³-hybridized carbons (Fsp3) is 0.438. The molecule has 6 heteroatoms. The van der Waals surface area contributed by atoms with Crippen LogP contribution in [0, 0.1) is 5.92 Å². The van der Waals surface area contributed by atoms with Gasteiger partial charge in [-0.05, 0) is 38.0 Å².